The van der Waals surface area contributed by atoms with Crippen LogP contribution in [0.3, 0.4) is 0 Å². The monoisotopic (exact) mass is 269 g/mol. The van der Waals surface area contributed by atoms with Crippen LogP contribution in [-0.4, -0.2) is 22.0 Å². The van der Waals surface area contributed by atoms with Crippen LogP contribution in [0.4, 0.5) is 4.79 Å². The molecule has 0 bridgehead atoms. The van der Waals surface area contributed by atoms with E-state index in [1.807, 2.05) is 30.3 Å². The average molecular weight is 269 g/mol. The van der Waals surface area contributed by atoms with E-state index >= 15 is 0 Å². The fraction of sp³-hybridized carbons (Fsp3) is 0.133. The summed E-state index contributed by atoms with van der Waals surface area (Å²) >= 11 is 0. The molecule has 0 N–H and O–H groups in total. The van der Waals surface area contributed by atoms with Gasteiger partial charge in [0.05, 0.1) is 17.2 Å². The van der Waals surface area contributed by atoms with Crippen molar-refractivity contribution in [1.29, 1.82) is 0 Å². The molecule has 1 atom stereocenters. The summed E-state index contributed by atoms with van der Waals surface area (Å²) in [5.41, 5.74) is 0.932. The lowest BCUT2D eigenvalue weighted by molar-refractivity contribution is 0.137. The van der Waals surface area contributed by atoms with Crippen LogP contribution in [0.2, 0.25) is 0 Å². The number of ether oxygens (including phenoxy) is 1. The standard InChI is InChI=1S/C15H15N3O2/c1-3-12(2)20-15(19)17-13-9-10-18(16-11-13)14-7-5-4-6-8-14/h3-12H,1H2,2H3. The largest absolute Gasteiger partial charge is 0.441 e. The van der Waals surface area contributed by atoms with Crippen molar-refractivity contribution < 1.29 is 9.53 Å². The first-order valence-electron chi connectivity index (χ1n) is 6.17. The van der Waals surface area contributed by atoms with E-state index in [2.05, 4.69) is 16.7 Å². The van der Waals surface area contributed by atoms with Crippen molar-refractivity contribution in [2.75, 3.05) is 0 Å². The Labute approximate surface area is 116 Å². The highest BCUT2D eigenvalue weighted by molar-refractivity contribution is 5.68. The van der Waals surface area contributed by atoms with E-state index in [0.717, 1.165) is 5.69 Å². The number of rotatable bonds is 3. The normalized spacial score (nSPS) is 12.8. The number of hydrogen-bond acceptors (Lipinski definition) is 3. The van der Waals surface area contributed by atoms with Crippen molar-refractivity contribution in [3.8, 4) is 5.69 Å². The van der Waals surface area contributed by atoms with Gasteiger partial charge in [-0.3, -0.25) is 0 Å². The number of carbonyl (C=O) groups excluding carboxylic acids is 1. The van der Waals surface area contributed by atoms with Gasteiger partial charge in [-0.05, 0) is 25.1 Å². The lowest BCUT2D eigenvalue weighted by atomic mass is 10.3. The molecule has 0 radical (unpaired) electrons. The molecule has 5 heteroatoms. The molecule has 0 saturated carbocycles. The molecule has 0 aliphatic carbocycles. The lowest BCUT2D eigenvalue weighted by Crippen LogP contribution is -2.14. The zero-order valence-corrected chi connectivity index (χ0v) is 11.1. The van der Waals surface area contributed by atoms with Crippen LogP contribution in [0.5, 0.6) is 0 Å². The van der Waals surface area contributed by atoms with Crippen molar-refractivity contribution in [3.05, 3.63) is 66.8 Å². The molecule has 1 aromatic carbocycles. The fourth-order valence-corrected chi connectivity index (χ4v) is 1.49. The lowest BCUT2D eigenvalue weighted by Gasteiger charge is -2.05. The molecule has 102 valence electrons. The van der Waals surface area contributed by atoms with Gasteiger partial charge in [-0.15, -0.1) is 0 Å². The zero-order valence-electron chi connectivity index (χ0n) is 11.1. The molecule has 2 rings (SSSR count). The van der Waals surface area contributed by atoms with Crippen LogP contribution < -0.4 is 5.36 Å². The van der Waals surface area contributed by atoms with Gasteiger partial charge >= 0.3 is 6.09 Å². The summed E-state index contributed by atoms with van der Waals surface area (Å²) in [6, 6.07) is 11.4. The highest BCUT2D eigenvalue weighted by atomic mass is 16.6. The highest BCUT2D eigenvalue weighted by Crippen LogP contribution is 2.02. The molecule has 1 amide bonds. The number of nitrogens with zero attached hydrogens (tertiary/aromatic N) is 3. The van der Waals surface area contributed by atoms with Crippen molar-refractivity contribution in [3.63, 3.8) is 0 Å². The Kier molecular flexibility index (Phi) is 4.44. The van der Waals surface area contributed by atoms with Crippen LogP contribution >= 0.6 is 0 Å². The smallest absolute Gasteiger partial charge is 0.434 e. The maximum absolute atomic E-state index is 11.5. The van der Waals surface area contributed by atoms with E-state index in [1.54, 1.807) is 23.9 Å². The summed E-state index contributed by atoms with van der Waals surface area (Å²) in [7, 11) is 0. The molecule has 20 heavy (non-hydrogen) atoms. The van der Waals surface area contributed by atoms with Gasteiger partial charge in [-0.1, -0.05) is 30.9 Å². The minimum Gasteiger partial charge on any atom is -0.441 e. The molecule has 0 aliphatic rings. The Balaban J connectivity index is 2.16. The molecule has 0 fully saturated rings. The molecule has 0 saturated heterocycles. The van der Waals surface area contributed by atoms with E-state index in [4.69, 9.17) is 4.74 Å². The first kappa shape index (κ1) is 13.7. The third kappa shape index (κ3) is 3.65. The number of benzene rings is 1. The van der Waals surface area contributed by atoms with Crippen molar-refractivity contribution >= 4 is 6.09 Å². The molecule has 5 nitrogen and oxygen atoms in total. The van der Waals surface area contributed by atoms with E-state index in [1.165, 1.54) is 12.3 Å². The second-order valence-corrected chi connectivity index (χ2v) is 4.10. The van der Waals surface area contributed by atoms with Crippen LogP contribution in [0, 0.1) is 0 Å². The topological polar surface area (TPSA) is 56.5 Å². The maximum Gasteiger partial charge on any atom is 0.434 e. The average Bonchev–Trinajstić information content (AvgIpc) is 2.48. The van der Waals surface area contributed by atoms with Gasteiger partial charge in [0, 0.05) is 6.20 Å². The Morgan fingerprint density at radius 3 is 2.75 bits per heavy atom. The van der Waals surface area contributed by atoms with Crippen LogP contribution in [0.15, 0.2) is 66.4 Å². The van der Waals surface area contributed by atoms with Gasteiger partial charge < -0.3 is 4.74 Å². The van der Waals surface area contributed by atoms with Crippen LogP contribution in [0.1, 0.15) is 6.92 Å². The van der Waals surface area contributed by atoms with Gasteiger partial charge in [-0.25, -0.2) is 9.48 Å². The third-order valence-corrected chi connectivity index (χ3v) is 2.56. The first-order valence-corrected chi connectivity index (χ1v) is 6.17. The number of amides is 1. The quantitative estimate of drug-likeness (QED) is 0.804. The maximum atomic E-state index is 11.5. The Hall–Kier alpha value is -2.69. The highest BCUT2D eigenvalue weighted by Gasteiger charge is 2.03. The molecular weight excluding hydrogens is 254 g/mol. The van der Waals surface area contributed by atoms with Gasteiger partial charge in [0.25, 0.3) is 0 Å². The number of carbonyl (C=O) groups is 1. The Morgan fingerprint density at radius 2 is 2.15 bits per heavy atom. The number of aromatic nitrogens is 2. The summed E-state index contributed by atoms with van der Waals surface area (Å²) in [5.74, 6) is 0. The predicted molar refractivity (Wildman–Crippen MR) is 75.3 cm³/mol. The van der Waals surface area contributed by atoms with Crippen LogP contribution in [-0.2, 0) is 4.74 Å². The molecule has 2 aromatic rings. The Morgan fingerprint density at radius 1 is 1.40 bits per heavy atom. The summed E-state index contributed by atoms with van der Waals surface area (Å²) in [5, 5.41) is 4.64. The molecule has 1 aromatic heterocycles. The Bertz CT molecular complexity index is 642. The SMILES string of the molecule is C=CC(C)OC(=O)N=c1ccn(-c2ccccc2)nc1. The number of hydrogen-bond donors (Lipinski definition) is 0. The predicted octanol–water partition coefficient (Wildman–Crippen LogP) is 2.48. The van der Waals surface area contributed by atoms with E-state index in [0.29, 0.717) is 5.36 Å². The van der Waals surface area contributed by atoms with E-state index < -0.39 is 6.09 Å². The van der Waals surface area contributed by atoms with Gasteiger partial charge in [0.15, 0.2) is 0 Å². The second-order valence-electron chi connectivity index (χ2n) is 4.10. The third-order valence-electron chi connectivity index (χ3n) is 2.56. The number of para-hydroxylation sites is 1. The summed E-state index contributed by atoms with van der Waals surface area (Å²) in [6.45, 7) is 5.25. The second kappa shape index (κ2) is 6.47. The van der Waals surface area contributed by atoms with Gasteiger partial charge in [0.1, 0.15) is 6.10 Å². The summed E-state index contributed by atoms with van der Waals surface area (Å²) in [6.07, 6.45) is 3.75. The summed E-state index contributed by atoms with van der Waals surface area (Å²) < 4.78 is 6.65. The molecule has 0 spiro atoms. The fourth-order valence-electron chi connectivity index (χ4n) is 1.49. The first-order chi connectivity index (χ1) is 9.69. The van der Waals surface area contributed by atoms with Gasteiger partial charge in [0.2, 0.25) is 0 Å². The molecule has 0 aliphatic heterocycles. The van der Waals surface area contributed by atoms with E-state index in [9.17, 15) is 4.79 Å². The minimum atomic E-state index is -0.656. The van der Waals surface area contributed by atoms with Crippen molar-refractivity contribution in [1.82, 2.24) is 9.78 Å². The zero-order chi connectivity index (χ0) is 14.4. The van der Waals surface area contributed by atoms with E-state index in [-0.39, 0.29) is 6.10 Å². The minimum absolute atomic E-state index is 0.364. The van der Waals surface area contributed by atoms with Gasteiger partial charge in [-0.2, -0.15) is 10.1 Å². The van der Waals surface area contributed by atoms with Crippen molar-refractivity contribution in [2.45, 2.75) is 13.0 Å². The molecular formula is C15H15N3O2. The molecule has 1 heterocycles. The van der Waals surface area contributed by atoms with Crippen molar-refractivity contribution in [2.24, 2.45) is 4.99 Å². The van der Waals surface area contributed by atoms with Crippen LogP contribution in [0.25, 0.3) is 5.69 Å². The summed E-state index contributed by atoms with van der Waals surface area (Å²) in [4.78, 5) is 15.3. The molecule has 1 unspecified atom stereocenters.